The predicted molar refractivity (Wildman–Crippen MR) is 50.3 cm³/mol. The molecule has 0 spiro atoms. The second-order valence-corrected chi connectivity index (χ2v) is 3.97. The molecule has 0 saturated carbocycles. The number of rotatable bonds is 1. The van der Waals surface area contributed by atoms with Gasteiger partial charge in [-0.05, 0) is 25.7 Å². The molecule has 0 aliphatic carbocycles. The Hall–Kier alpha value is -0.240. The topological polar surface area (TPSA) is 20.3 Å². The van der Waals surface area contributed by atoms with E-state index in [4.69, 9.17) is 11.6 Å². The zero-order chi connectivity index (χ0) is 9.14. The lowest BCUT2D eigenvalue weighted by Crippen LogP contribution is -2.44. The highest BCUT2D eigenvalue weighted by Crippen LogP contribution is 2.22. The van der Waals surface area contributed by atoms with Crippen LogP contribution in [0.2, 0.25) is 0 Å². The summed E-state index contributed by atoms with van der Waals surface area (Å²) in [7, 11) is 0. The van der Waals surface area contributed by atoms with Crippen LogP contribution >= 0.6 is 11.6 Å². The number of carbonyl (C=O) groups is 1. The van der Waals surface area contributed by atoms with Gasteiger partial charge in [-0.15, -0.1) is 11.6 Å². The number of likely N-dealkylation sites (tertiary alicyclic amines) is 1. The molecule has 0 aromatic heterocycles. The Bertz CT molecular complexity index is 172. The lowest BCUT2D eigenvalue weighted by molar-refractivity contribution is -0.132. The second-order valence-electron chi connectivity index (χ2n) is 3.70. The average molecular weight is 190 g/mol. The van der Waals surface area contributed by atoms with Crippen molar-refractivity contribution in [3.8, 4) is 0 Å². The van der Waals surface area contributed by atoms with Crippen LogP contribution in [0.25, 0.3) is 0 Å². The van der Waals surface area contributed by atoms with E-state index in [-0.39, 0.29) is 11.8 Å². The minimum atomic E-state index is 0.0797. The van der Waals surface area contributed by atoms with E-state index in [2.05, 4.69) is 13.8 Å². The smallest absolute Gasteiger partial charge is 0.237 e. The van der Waals surface area contributed by atoms with Gasteiger partial charge < -0.3 is 4.90 Å². The lowest BCUT2D eigenvalue weighted by Gasteiger charge is -2.36. The van der Waals surface area contributed by atoms with E-state index in [1.807, 2.05) is 4.90 Å². The monoisotopic (exact) mass is 189 g/mol. The molecule has 0 aromatic rings. The van der Waals surface area contributed by atoms with Gasteiger partial charge in [0.05, 0.1) is 0 Å². The third kappa shape index (κ3) is 2.13. The van der Waals surface area contributed by atoms with Crippen LogP contribution in [-0.2, 0) is 4.79 Å². The number of halogens is 1. The highest BCUT2D eigenvalue weighted by atomic mass is 35.5. The quantitative estimate of drug-likeness (QED) is 0.577. The number of nitrogens with zero attached hydrogens (tertiary/aromatic N) is 1. The van der Waals surface area contributed by atoms with Gasteiger partial charge in [0, 0.05) is 12.6 Å². The summed E-state index contributed by atoms with van der Waals surface area (Å²) in [6, 6.07) is 0.375. The molecule has 1 fully saturated rings. The standard InChI is InChI=1S/C9H16ClNO/c1-7-3-4-11(8(2)5-7)9(12)6-10/h7-8H,3-6H2,1-2H3. The van der Waals surface area contributed by atoms with E-state index in [1.165, 1.54) is 0 Å². The van der Waals surface area contributed by atoms with E-state index in [9.17, 15) is 4.79 Å². The molecule has 1 heterocycles. The van der Waals surface area contributed by atoms with Gasteiger partial charge in [0.1, 0.15) is 5.88 Å². The zero-order valence-electron chi connectivity index (χ0n) is 7.72. The average Bonchev–Trinajstić information content (AvgIpc) is 2.03. The fourth-order valence-electron chi connectivity index (χ4n) is 1.85. The van der Waals surface area contributed by atoms with Crippen molar-refractivity contribution in [1.82, 2.24) is 4.90 Å². The molecular weight excluding hydrogens is 174 g/mol. The fourth-order valence-corrected chi connectivity index (χ4v) is 2.01. The molecule has 1 rings (SSSR count). The van der Waals surface area contributed by atoms with Gasteiger partial charge in [-0.2, -0.15) is 0 Å². The Morgan fingerprint density at radius 2 is 2.25 bits per heavy atom. The van der Waals surface area contributed by atoms with Crippen molar-refractivity contribution >= 4 is 17.5 Å². The van der Waals surface area contributed by atoms with Gasteiger partial charge in [0.15, 0.2) is 0 Å². The first-order valence-corrected chi connectivity index (χ1v) is 5.04. The van der Waals surface area contributed by atoms with Crippen LogP contribution in [0.5, 0.6) is 0 Å². The van der Waals surface area contributed by atoms with Crippen molar-refractivity contribution in [2.45, 2.75) is 32.7 Å². The van der Waals surface area contributed by atoms with Crippen molar-refractivity contribution in [2.75, 3.05) is 12.4 Å². The maximum atomic E-state index is 11.3. The first-order chi connectivity index (χ1) is 5.65. The van der Waals surface area contributed by atoms with Crippen LogP contribution in [-0.4, -0.2) is 29.3 Å². The van der Waals surface area contributed by atoms with Crippen molar-refractivity contribution in [3.63, 3.8) is 0 Å². The summed E-state index contributed by atoms with van der Waals surface area (Å²) < 4.78 is 0. The van der Waals surface area contributed by atoms with Crippen molar-refractivity contribution < 1.29 is 4.79 Å². The summed E-state index contributed by atoms with van der Waals surface area (Å²) in [5.74, 6) is 0.953. The van der Waals surface area contributed by atoms with E-state index < -0.39 is 0 Å². The lowest BCUT2D eigenvalue weighted by atomic mass is 9.93. The number of hydrogen-bond acceptors (Lipinski definition) is 1. The highest BCUT2D eigenvalue weighted by molar-refractivity contribution is 6.27. The van der Waals surface area contributed by atoms with Crippen molar-refractivity contribution in [2.24, 2.45) is 5.92 Å². The van der Waals surface area contributed by atoms with Gasteiger partial charge >= 0.3 is 0 Å². The summed E-state index contributed by atoms with van der Waals surface area (Å²) in [4.78, 5) is 13.2. The molecule has 2 unspecified atom stereocenters. The molecule has 0 aromatic carbocycles. The Balaban J connectivity index is 2.50. The van der Waals surface area contributed by atoms with E-state index in [0.29, 0.717) is 6.04 Å². The van der Waals surface area contributed by atoms with Crippen LogP contribution < -0.4 is 0 Å². The van der Waals surface area contributed by atoms with Crippen LogP contribution in [0.4, 0.5) is 0 Å². The molecule has 0 radical (unpaired) electrons. The maximum Gasteiger partial charge on any atom is 0.237 e. The Labute approximate surface area is 78.9 Å². The molecule has 70 valence electrons. The van der Waals surface area contributed by atoms with Crippen molar-refractivity contribution in [3.05, 3.63) is 0 Å². The predicted octanol–water partition coefficient (Wildman–Crippen LogP) is 1.87. The molecule has 3 heteroatoms. The number of amides is 1. The van der Waals surface area contributed by atoms with Gasteiger partial charge in [-0.1, -0.05) is 6.92 Å². The second kappa shape index (κ2) is 4.13. The highest BCUT2D eigenvalue weighted by Gasteiger charge is 2.25. The van der Waals surface area contributed by atoms with Gasteiger partial charge in [-0.25, -0.2) is 0 Å². The number of alkyl halides is 1. The molecule has 0 N–H and O–H groups in total. The van der Waals surface area contributed by atoms with Gasteiger partial charge in [0.2, 0.25) is 5.91 Å². The van der Waals surface area contributed by atoms with Crippen LogP contribution in [0.15, 0.2) is 0 Å². The summed E-state index contributed by atoms with van der Waals surface area (Å²) in [6.45, 7) is 5.22. The van der Waals surface area contributed by atoms with E-state index in [0.717, 1.165) is 25.3 Å². The third-order valence-electron chi connectivity index (χ3n) is 2.57. The molecule has 2 nitrogen and oxygen atoms in total. The normalized spacial score (nSPS) is 30.4. The summed E-state index contributed by atoms with van der Waals surface area (Å²) in [6.07, 6.45) is 2.23. The maximum absolute atomic E-state index is 11.3. The number of piperidine rings is 1. The molecule has 1 aliphatic rings. The van der Waals surface area contributed by atoms with Crippen LogP contribution in [0.3, 0.4) is 0 Å². The largest absolute Gasteiger partial charge is 0.339 e. The van der Waals surface area contributed by atoms with Crippen molar-refractivity contribution in [1.29, 1.82) is 0 Å². The Morgan fingerprint density at radius 1 is 1.58 bits per heavy atom. The fraction of sp³-hybridized carbons (Fsp3) is 0.889. The molecule has 12 heavy (non-hydrogen) atoms. The Kier molecular flexibility index (Phi) is 3.39. The van der Waals surface area contributed by atoms with Crippen LogP contribution in [0.1, 0.15) is 26.7 Å². The molecular formula is C9H16ClNO. The minimum Gasteiger partial charge on any atom is -0.339 e. The number of hydrogen-bond donors (Lipinski definition) is 0. The Morgan fingerprint density at radius 3 is 2.75 bits per heavy atom. The van der Waals surface area contributed by atoms with E-state index in [1.54, 1.807) is 0 Å². The summed E-state index contributed by atoms with van der Waals surface area (Å²) in [5, 5.41) is 0. The zero-order valence-corrected chi connectivity index (χ0v) is 8.47. The first-order valence-electron chi connectivity index (χ1n) is 4.50. The van der Waals surface area contributed by atoms with Crippen LogP contribution in [0, 0.1) is 5.92 Å². The summed E-state index contributed by atoms with van der Waals surface area (Å²) in [5.41, 5.74) is 0. The third-order valence-corrected chi connectivity index (χ3v) is 2.80. The SMILES string of the molecule is CC1CCN(C(=O)CCl)C(C)C1. The molecule has 1 saturated heterocycles. The van der Waals surface area contributed by atoms with Gasteiger partial charge in [-0.3, -0.25) is 4.79 Å². The molecule has 1 aliphatic heterocycles. The first kappa shape index (κ1) is 9.85. The number of carbonyl (C=O) groups excluding carboxylic acids is 1. The van der Waals surface area contributed by atoms with Gasteiger partial charge in [0.25, 0.3) is 0 Å². The van der Waals surface area contributed by atoms with E-state index >= 15 is 0 Å². The molecule has 1 amide bonds. The molecule has 2 atom stereocenters. The summed E-state index contributed by atoms with van der Waals surface area (Å²) >= 11 is 5.50. The molecule has 0 bridgehead atoms. The minimum absolute atomic E-state index is 0.0797.